The second kappa shape index (κ2) is 10.5. The van der Waals surface area contributed by atoms with Gasteiger partial charge in [-0.2, -0.15) is 0 Å². The molecule has 1 aromatic carbocycles. The Morgan fingerprint density at radius 2 is 1.76 bits per heavy atom. The van der Waals surface area contributed by atoms with Crippen molar-refractivity contribution in [1.29, 1.82) is 0 Å². The van der Waals surface area contributed by atoms with Crippen LogP contribution in [0.3, 0.4) is 0 Å². The summed E-state index contributed by atoms with van der Waals surface area (Å²) >= 11 is 0. The van der Waals surface area contributed by atoms with Gasteiger partial charge in [0.2, 0.25) is 0 Å². The fourth-order valence-electron chi connectivity index (χ4n) is 2.30. The molecule has 3 nitrogen and oxygen atoms in total. The molecule has 120 valence electrons. The van der Waals surface area contributed by atoms with Gasteiger partial charge in [-0.25, -0.2) is 0 Å². The first-order valence-corrected chi connectivity index (χ1v) is 8.21. The Morgan fingerprint density at radius 1 is 1.05 bits per heavy atom. The average Bonchev–Trinajstić information content (AvgIpc) is 2.53. The maximum absolute atomic E-state index is 5.86. The number of nitrogens with one attached hydrogen (secondary N) is 1. The predicted molar refractivity (Wildman–Crippen MR) is 89.3 cm³/mol. The van der Waals surface area contributed by atoms with Gasteiger partial charge >= 0.3 is 0 Å². The van der Waals surface area contributed by atoms with Crippen LogP contribution in [0.1, 0.15) is 64.0 Å². The lowest BCUT2D eigenvalue weighted by Crippen LogP contribution is -2.12. The van der Waals surface area contributed by atoms with Crippen LogP contribution >= 0.6 is 0 Å². The van der Waals surface area contributed by atoms with E-state index in [9.17, 15) is 0 Å². The summed E-state index contributed by atoms with van der Waals surface area (Å²) < 4.78 is 11.3. The van der Waals surface area contributed by atoms with Gasteiger partial charge in [0, 0.05) is 6.04 Å². The molecule has 0 aliphatic carbocycles. The number of ether oxygens (including phenoxy) is 2. The summed E-state index contributed by atoms with van der Waals surface area (Å²) in [6.45, 7) is 5.14. The zero-order valence-corrected chi connectivity index (χ0v) is 14.1. The van der Waals surface area contributed by atoms with Crippen molar-refractivity contribution >= 4 is 0 Å². The third-order valence-corrected chi connectivity index (χ3v) is 3.88. The highest BCUT2D eigenvalue weighted by Gasteiger charge is 2.09. The average molecular weight is 293 g/mol. The van der Waals surface area contributed by atoms with Crippen LogP contribution in [0.4, 0.5) is 0 Å². The highest BCUT2D eigenvalue weighted by molar-refractivity contribution is 5.43. The van der Waals surface area contributed by atoms with Crippen LogP contribution in [0.15, 0.2) is 18.2 Å². The fraction of sp³-hybridized carbons (Fsp3) is 0.667. The maximum atomic E-state index is 5.86. The summed E-state index contributed by atoms with van der Waals surface area (Å²) in [4.78, 5) is 0. The van der Waals surface area contributed by atoms with Gasteiger partial charge in [-0.1, -0.05) is 45.1 Å². The van der Waals surface area contributed by atoms with Crippen LogP contribution in [0.2, 0.25) is 0 Å². The SMILES string of the molecule is CCCCCCCCOc1ccc(C(C)NC)cc1OC. The van der Waals surface area contributed by atoms with Crippen molar-refractivity contribution in [2.45, 2.75) is 58.4 Å². The van der Waals surface area contributed by atoms with Crippen LogP contribution in [0.25, 0.3) is 0 Å². The van der Waals surface area contributed by atoms with Crippen LogP contribution in [-0.2, 0) is 0 Å². The van der Waals surface area contributed by atoms with Crippen LogP contribution < -0.4 is 14.8 Å². The molecule has 0 fully saturated rings. The Bertz CT molecular complexity index is 393. The molecule has 1 aromatic rings. The fourth-order valence-corrected chi connectivity index (χ4v) is 2.30. The van der Waals surface area contributed by atoms with Crippen molar-refractivity contribution in [3.63, 3.8) is 0 Å². The standard InChI is InChI=1S/C18H31NO2/c1-5-6-7-8-9-10-13-21-17-12-11-16(15(2)19-3)14-18(17)20-4/h11-12,14-15,19H,5-10,13H2,1-4H3. The number of benzene rings is 1. The topological polar surface area (TPSA) is 30.5 Å². The highest BCUT2D eigenvalue weighted by Crippen LogP contribution is 2.30. The van der Waals surface area contributed by atoms with Crippen LogP contribution in [0, 0.1) is 0 Å². The van der Waals surface area contributed by atoms with Crippen LogP contribution in [0.5, 0.6) is 11.5 Å². The summed E-state index contributed by atoms with van der Waals surface area (Å²) in [5, 5.41) is 3.23. The Hall–Kier alpha value is -1.22. The minimum absolute atomic E-state index is 0.312. The minimum atomic E-state index is 0.312. The van der Waals surface area contributed by atoms with Gasteiger partial charge < -0.3 is 14.8 Å². The first-order valence-electron chi connectivity index (χ1n) is 8.21. The van der Waals surface area contributed by atoms with Crippen LogP contribution in [-0.4, -0.2) is 20.8 Å². The summed E-state index contributed by atoms with van der Waals surface area (Å²) in [6.07, 6.45) is 7.66. The molecule has 0 aliphatic rings. The van der Waals surface area contributed by atoms with E-state index < -0.39 is 0 Å². The van der Waals surface area contributed by atoms with E-state index in [1.807, 2.05) is 13.1 Å². The second-order valence-corrected chi connectivity index (χ2v) is 5.54. The van der Waals surface area contributed by atoms with Gasteiger partial charge in [0.25, 0.3) is 0 Å². The molecule has 21 heavy (non-hydrogen) atoms. The normalized spacial score (nSPS) is 12.2. The minimum Gasteiger partial charge on any atom is -0.493 e. The van der Waals surface area contributed by atoms with Gasteiger partial charge in [-0.05, 0) is 38.1 Å². The zero-order chi connectivity index (χ0) is 15.5. The molecule has 3 heteroatoms. The van der Waals surface area contributed by atoms with Crippen molar-refractivity contribution in [3.05, 3.63) is 23.8 Å². The van der Waals surface area contributed by atoms with E-state index in [2.05, 4.69) is 31.3 Å². The molecule has 1 N–H and O–H groups in total. The van der Waals surface area contributed by atoms with E-state index in [1.165, 1.54) is 37.7 Å². The third-order valence-electron chi connectivity index (χ3n) is 3.88. The Balaban J connectivity index is 2.40. The first kappa shape index (κ1) is 17.8. The quantitative estimate of drug-likeness (QED) is 0.599. The molecule has 1 atom stereocenters. The molecule has 0 amide bonds. The summed E-state index contributed by atoms with van der Waals surface area (Å²) in [6, 6.07) is 6.48. The number of hydrogen-bond donors (Lipinski definition) is 1. The molecule has 0 aromatic heterocycles. The lowest BCUT2D eigenvalue weighted by molar-refractivity contribution is 0.284. The van der Waals surface area contributed by atoms with Gasteiger partial charge in [-0.3, -0.25) is 0 Å². The van der Waals surface area contributed by atoms with Gasteiger partial charge in [0.1, 0.15) is 0 Å². The van der Waals surface area contributed by atoms with E-state index in [0.717, 1.165) is 24.5 Å². The van der Waals surface area contributed by atoms with Gasteiger partial charge in [0.05, 0.1) is 13.7 Å². The van der Waals surface area contributed by atoms with Crippen molar-refractivity contribution < 1.29 is 9.47 Å². The van der Waals surface area contributed by atoms with Gasteiger partial charge in [0.15, 0.2) is 11.5 Å². The molecule has 0 radical (unpaired) electrons. The Morgan fingerprint density at radius 3 is 2.43 bits per heavy atom. The lowest BCUT2D eigenvalue weighted by Gasteiger charge is -2.15. The van der Waals surface area contributed by atoms with E-state index in [4.69, 9.17) is 9.47 Å². The van der Waals surface area contributed by atoms with Crippen molar-refractivity contribution in [2.75, 3.05) is 20.8 Å². The molecule has 0 saturated carbocycles. The molecule has 1 rings (SSSR count). The smallest absolute Gasteiger partial charge is 0.161 e. The number of unbranched alkanes of at least 4 members (excludes halogenated alkanes) is 5. The second-order valence-electron chi connectivity index (χ2n) is 5.54. The zero-order valence-electron chi connectivity index (χ0n) is 14.1. The van der Waals surface area contributed by atoms with E-state index in [-0.39, 0.29) is 0 Å². The molecular formula is C18H31NO2. The molecule has 0 spiro atoms. The van der Waals surface area contributed by atoms with Crippen molar-refractivity contribution in [3.8, 4) is 11.5 Å². The molecular weight excluding hydrogens is 262 g/mol. The molecule has 0 aliphatic heterocycles. The highest BCUT2D eigenvalue weighted by atomic mass is 16.5. The van der Waals surface area contributed by atoms with Gasteiger partial charge in [-0.15, -0.1) is 0 Å². The molecule has 0 bridgehead atoms. The maximum Gasteiger partial charge on any atom is 0.161 e. The number of rotatable bonds is 11. The number of hydrogen-bond acceptors (Lipinski definition) is 3. The predicted octanol–water partition coefficient (Wildman–Crippen LogP) is 4.71. The number of methoxy groups -OCH3 is 1. The molecule has 0 saturated heterocycles. The lowest BCUT2D eigenvalue weighted by atomic mass is 10.1. The largest absolute Gasteiger partial charge is 0.493 e. The summed E-state index contributed by atoms with van der Waals surface area (Å²) in [5.41, 5.74) is 1.21. The van der Waals surface area contributed by atoms with Crippen molar-refractivity contribution in [2.24, 2.45) is 0 Å². The Kier molecular flexibility index (Phi) is 8.91. The van der Waals surface area contributed by atoms with Crippen molar-refractivity contribution in [1.82, 2.24) is 5.32 Å². The molecule has 0 heterocycles. The third kappa shape index (κ3) is 6.38. The van der Waals surface area contributed by atoms with E-state index in [1.54, 1.807) is 7.11 Å². The first-order chi connectivity index (χ1) is 10.2. The Labute approximate surface area is 130 Å². The summed E-state index contributed by atoms with van der Waals surface area (Å²) in [5.74, 6) is 1.67. The molecule has 1 unspecified atom stereocenters. The van der Waals surface area contributed by atoms with E-state index in [0.29, 0.717) is 6.04 Å². The monoisotopic (exact) mass is 293 g/mol. The summed E-state index contributed by atoms with van der Waals surface area (Å²) in [7, 11) is 3.65. The van der Waals surface area contributed by atoms with E-state index >= 15 is 0 Å².